The predicted octanol–water partition coefficient (Wildman–Crippen LogP) is 5.83. The van der Waals surface area contributed by atoms with Gasteiger partial charge in [0.1, 0.15) is 23.9 Å². The molecule has 3 aromatic rings. The lowest BCUT2D eigenvalue weighted by atomic mass is 10.1. The van der Waals surface area contributed by atoms with E-state index in [4.69, 9.17) is 9.15 Å². The number of halogens is 1. The zero-order valence-corrected chi connectivity index (χ0v) is 22.1. The molecule has 7 nitrogen and oxygen atoms in total. The summed E-state index contributed by atoms with van der Waals surface area (Å²) >= 11 is 0. The molecule has 0 fully saturated rings. The molecule has 0 radical (unpaired) electrons. The predicted molar refractivity (Wildman–Crippen MR) is 142 cm³/mol. The number of carbonyl (C=O) groups excluding carboxylic acids is 2. The molecule has 0 saturated heterocycles. The number of carbonyl (C=O) groups is 2. The van der Waals surface area contributed by atoms with Crippen LogP contribution in [0.4, 0.5) is 14.9 Å². The molecule has 0 atom stereocenters. The largest absolute Gasteiger partial charge is 0.464 e. The summed E-state index contributed by atoms with van der Waals surface area (Å²) in [5.41, 5.74) is 3.52. The summed E-state index contributed by atoms with van der Waals surface area (Å²) in [5, 5.41) is 2.95. The zero-order chi connectivity index (χ0) is 26.8. The number of nitrogens with zero attached hydrogens (tertiary/aromatic N) is 2. The number of hydrogen-bond donors (Lipinski definition) is 1. The van der Waals surface area contributed by atoms with E-state index in [1.165, 1.54) is 17.0 Å². The van der Waals surface area contributed by atoms with Crippen molar-refractivity contribution in [2.24, 2.45) is 0 Å². The highest BCUT2D eigenvalue weighted by Crippen LogP contribution is 2.18. The Morgan fingerprint density at radius 3 is 2.38 bits per heavy atom. The Hall–Kier alpha value is -3.65. The lowest BCUT2D eigenvalue weighted by Crippen LogP contribution is -2.44. The summed E-state index contributed by atoms with van der Waals surface area (Å²) in [4.78, 5) is 29.9. The number of furan rings is 1. The molecule has 0 bridgehead atoms. The van der Waals surface area contributed by atoms with Gasteiger partial charge in [-0.25, -0.2) is 9.18 Å². The minimum Gasteiger partial charge on any atom is -0.464 e. The summed E-state index contributed by atoms with van der Waals surface area (Å²) < 4.78 is 24.6. The van der Waals surface area contributed by atoms with Crippen LogP contribution in [0.15, 0.2) is 59.0 Å². The van der Waals surface area contributed by atoms with Gasteiger partial charge in [-0.1, -0.05) is 29.8 Å². The first-order valence-corrected chi connectivity index (χ1v) is 12.5. The highest BCUT2D eigenvalue weighted by Gasteiger charge is 2.23. The van der Waals surface area contributed by atoms with Gasteiger partial charge in [-0.2, -0.15) is 0 Å². The van der Waals surface area contributed by atoms with Crippen molar-refractivity contribution < 1.29 is 23.1 Å². The van der Waals surface area contributed by atoms with Crippen molar-refractivity contribution in [2.45, 2.75) is 47.2 Å². The molecule has 0 unspecified atom stereocenters. The van der Waals surface area contributed by atoms with Crippen molar-refractivity contribution in [3.8, 4) is 0 Å². The minimum atomic E-state index is -0.354. The Morgan fingerprint density at radius 1 is 0.973 bits per heavy atom. The molecule has 1 aromatic heterocycles. The van der Waals surface area contributed by atoms with E-state index in [2.05, 4.69) is 5.32 Å². The lowest BCUT2D eigenvalue weighted by molar-refractivity contribution is -0.133. The smallest absolute Gasteiger partial charge is 0.322 e. The van der Waals surface area contributed by atoms with Gasteiger partial charge in [-0.15, -0.1) is 0 Å². The van der Waals surface area contributed by atoms with E-state index in [1.54, 1.807) is 17.0 Å². The van der Waals surface area contributed by atoms with Gasteiger partial charge in [0, 0.05) is 32.0 Å². The Morgan fingerprint density at radius 2 is 1.73 bits per heavy atom. The van der Waals surface area contributed by atoms with Crippen LogP contribution in [-0.4, -0.2) is 48.0 Å². The standard InChI is InChI=1S/C29H36FN3O4/c1-5-36-16-6-15-32(29(35)31-27-14-7-21(2)17-22(27)3)20-28(34)33(19-26-13-8-23(4)37-26)18-24-9-11-25(30)12-10-24/h7-14,17H,5-6,15-16,18-20H2,1-4H3,(H,31,35). The maximum absolute atomic E-state index is 13.6. The second-order valence-electron chi connectivity index (χ2n) is 9.11. The molecule has 1 N–H and O–H groups in total. The molecule has 3 rings (SSSR count). The van der Waals surface area contributed by atoms with Crippen LogP contribution in [0.3, 0.4) is 0 Å². The topological polar surface area (TPSA) is 75.0 Å². The van der Waals surface area contributed by atoms with Gasteiger partial charge in [0.15, 0.2) is 0 Å². The first kappa shape index (κ1) is 27.9. The average molecular weight is 510 g/mol. The summed E-state index contributed by atoms with van der Waals surface area (Å²) in [7, 11) is 0. The van der Waals surface area contributed by atoms with Crippen LogP contribution < -0.4 is 5.32 Å². The number of anilines is 1. The van der Waals surface area contributed by atoms with E-state index in [1.807, 2.05) is 58.0 Å². The van der Waals surface area contributed by atoms with E-state index in [0.717, 1.165) is 22.5 Å². The van der Waals surface area contributed by atoms with Crippen LogP contribution in [0.5, 0.6) is 0 Å². The Kier molecular flexibility index (Phi) is 10.3. The third kappa shape index (κ3) is 8.75. The quantitative estimate of drug-likeness (QED) is 0.312. The van der Waals surface area contributed by atoms with Crippen LogP contribution in [-0.2, 0) is 22.6 Å². The lowest BCUT2D eigenvalue weighted by Gasteiger charge is -2.28. The summed E-state index contributed by atoms with van der Waals surface area (Å²) in [6.07, 6.45) is 0.594. The van der Waals surface area contributed by atoms with E-state index in [9.17, 15) is 14.0 Å². The first-order valence-electron chi connectivity index (χ1n) is 12.5. The van der Waals surface area contributed by atoms with E-state index in [0.29, 0.717) is 37.6 Å². The summed E-state index contributed by atoms with van der Waals surface area (Å²) in [6, 6.07) is 15.1. The van der Waals surface area contributed by atoms with Gasteiger partial charge in [0.25, 0.3) is 0 Å². The van der Waals surface area contributed by atoms with E-state index >= 15 is 0 Å². The fraction of sp³-hybridized carbons (Fsp3) is 0.379. The SMILES string of the molecule is CCOCCCN(CC(=O)N(Cc1ccc(F)cc1)Cc1ccc(C)o1)C(=O)Nc1ccc(C)cc1C. The van der Waals surface area contributed by atoms with Gasteiger partial charge in [0.2, 0.25) is 5.91 Å². The van der Waals surface area contributed by atoms with Gasteiger partial charge >= 0.3 is 6.03 Å². The van der Waals surface area contributed by atoms with Crippen molar-refractivity contribution in [1.29, 1.82) is 0 Å². The molecular formula is C29H36FN3O4. The number of amides is 3. The fourth-order valence-electron chi connectivity index (χ4n) is 3.97. The van der Waals surface area contributed by atoms with Crippen LogP contribution in [0.1, 0.15) is 41.6 Å². The van der Waals surface area contributed by atoms with Crippen LogP contribution >= 0.6 is 0 Å². The minimum absolute atomic E-state index is 0.121. The first-order chi connectivity index (χ1) is 17.7. The maximum Gasteiger partial charge on any atom is 0.322 e. The van der Waals surface area contributed by atoms with E-state index in [-0.39, 0.29) is 37.4 Å². The third-order valence-electron chi connectivity index (χ3n) is 5.94. The zero-order valence-electron chi connectivity index (χ0n) is 22.1. The molecule has 0 saturated carbocycles. The van der Waals surface area contributed by atoms with Crippen LogP contribution in [0, 0.1) is 26.6 Å². The van der Waals surface area contributed by atoms with Gasteiger partial charge in [0.05, 0.1) is 6.54 Å². The molecule has 2 aromatic carbocycles. The molecule has 0 spiro atoms. The molecule has 3 amide bonds. The van der Waals surface area contributed by atoms with Crippen molar-refractivity contribution in [2.75, 3.05) is 31.6 Å². The van der Waals surface area contributed by atoms with Crippen LogP contribution in [0.25, 0.3) is 0 Å². The maximum atomic E-state index is 13.6. The second kappa shape index (κ2) is 13.6. The number of rotatable bonds is 12. The Bertz CT molecular complexity index is 1180. The molecule has 1 heterocycles. The monoisotopic (exact) mass is 509 g/mol. The van der Waals surface area contributed by atoms with Crippen LogP contribution in [0.2, 0.25) is 0 Å². The number of aryl methyl sites for hydroxylation is 3. The Labute approximate surface area is 218 Å². The van der Waals surface area contributed by atoms with Crippen molar-refractivity contribution >= 4 is 17.6 Å². The number of nitrogens with one attached hydrogen (secondary N) is 1. The molecule has 0 aliphatic carbocycles. The molecular weight excluding hydrogens is 473 g/mol. The van der Waals surface area contributed by atoms with Crippen molar-refractivity contribution in [3.05, 3.63) is 88.6 Å². The normalized spacial score (nSPS) is 10.8. The van der Waals surface area contributed by atoms with Gasteiger partial charge < -0.3 is 24.3 Å². The number of hydrogen-bond acceptors (Lipinski definition) is 4. The number of benzene rings is 2. The van der Waals surface area contributed by atoms with Gasteiger partial charge in [-0.3, -0.25) is 4.79 Å². The summed E-state index contributed by atoms with van der Waals surface area (Å²) in [6.45, 7) is 9.47. The van der Waals surface area contributed by atoms with E-state index < -0.39 is 0 Å². The van der Waals surface area contributed by atoms with Crippen molar-refractivity contribution in [1.82, 2.24) is 9.80 Å². The number of urea groups is 1. The third-order valence-corrected chi connectivity index (χ3v) is 5.94. The van der Waals surface area contributed by atoms with Gasteiger partial charge in [-0.05, 0) is 75.6 Å². The highest BCUT2D eigenvalue weighted by atomic mass is 19.1. The molecule has 0 aliphatic heterocycles. The summed E-state index contributed by atoms with van der Waals surface area (Å²) in [5.74, 6) is 0.794. The fourth-order valence-corrected chi connectivity index (χ4v) is 3.97. The molecule has 8 heteroatoms. The molecule has 37 heavy (non-hydrogen) atoms. The second-order valence-corrected chi connectivity index (χ2v) is 9.11. The number of ether oxygens (including phenoxy) is 1. The molecule has 0 aliphatic rings. The average Bonchev–Trinajstić information content (AvgIpc) is 3.28. The highest BCUT2D eigenvalue weighted by molar-refractivity contribution is 5.93. The Balaban J connectivity index is 1.78. The van der Waals surface area contributed by atoms with Crippen molar-refractivity contribution in [3.63, 3.8) is 0 Å². The molecule has 198 valence electrons.